The fraction of sp³-hybridized carbons (Fsp3) is 0.308. The van der Waals surface area contributed by atoms with Crippen LogP contribution in [-0.2, 0) is 20.7 Å². The van der Waals surface area contributed by atoms with E-state index in [0.29, 0.717) is 18.1 Å². The minimum atomic E-state index is -1.07. The van der Waals surface area contributed by atoms with E-state index in [4.69, 9.17) is 4.42 Å². The van der Waals surface area contributed by atoms with Crippen LogP contribution in [0.5, 0.6) is 0 Å². The minimum absolute atomic E-state index is 0.150. The number of fused-ring (bicyclic) bond motifs is 1. The van der Waals surface area contributed by atoms with E-state index in [9.17, 15) is 19.1 Å². The van der Waals surface area contributed by atoms with Gasteiger partial charge in [0, 0.05) is 17.4 Å². The number of aliphatic hydroxyl groups excluding tert-OH is 1. The zero-order chi connectivity index (χ0) is 23.3. The molecule has 6 heteroatoms. The number of hydrogen-bond acceptors (Lipinski definition) is 5. The van der Waals surface area contributed by atoms with Gasteiger partial charge < -0.3 is 14.3 Å². The Morgan fingerprint density at radius 3 is 2.50 bits per heavy atom. The second kappa shape index (κ2) is 10.4. The van der Waals surface area contributed by atoms with Gasteiger partial charge in [-0.2, -0.15) is 0 Å². The molecule has 168 valence electrons. The fourth-order valence-electron chi connectivity index (χ4n) is 3.59. The number of furan rings is 1. The Morgan fingerprint density at radius 2 is 1.84 bits per heavy atom. The Bertz CT molecular complexity index is 1130. The Balaban J connectivity index is 1.81. The largest absolute Gasteiger partial charge is 0.469 e. The Kier molecular flexibility index (Phi) is 7.59. The second-order valence-corrected chi connectivity index (χ2v) is 8.04. The first kappa shape index (κ1) is 23.4. The highest BCUT2D eigenvalue weighted by Gasteiger charge is 2.16. The van der Waals surface area contributed by atoms with E-state index in [-0.39, 0.29) is 24.4 Å². The van der Waals surface area contributed by atoms with Crippen molar-refractivity contribution in [2.24, 2.45) is 0 Å². The smallest absolute Gasteiger partial charge is 0.308 e. The summed E-state index contributed by atoms with van der Waals surface area (Å²) < 4.78 is 24.0. The molecule has 1 atom stereocenters. The summed E-state index contributed by atoms with van der Waals surface area (Å²) in [7, 11) is 1.23. The lowest BCUT2D eigenvalue weighted by atomic mass is 9.96. The molecule has 0 spiro atoms. The van der Waals surface area contributed by atoms with Crippen molar-refractivity contribution in [3.05, 3.63) is 71.6 Å². The molecule has 1 unspecified atom stereocenters. The maximum atomic E-state index is 13.3. The first-order valence-corrected chi connectivity index (χ1v) is 10.5. The van der Waals surface area contributed by atoms with E-state index in [0.717, 1.165) is 27.7 Å². The van der Waals surface area contributed by atoms with Crippen molar-refractivity contribution >= 4 is 22.7 Å². The van der Waals surface area contributed by atoms with Crippen molar-refractivity contribution in [3.63, 3.8) is 0 Å². The van der Waals surface area contributed by atoms with E-state index in [2.05, 4.69) is 24.7 Å². The third-order valence-electron chi connectivity index (χ3n) is 5.26. The van der Waals surface area contributed by atoms with Gasteiger partial charge >= 0.3 is 5.97 Å². The van der Waals surface area contributed by atoms with Crippen LogP contribution < -0.4 is 0 Å². The first-order valence-electron chi connectivity index (χ1n) is 10.5. The SMILES string of the molecule is COC(=O)CC(O)CC(=O)C=CCc1ccc(C(C)C)c2cc(-c3ccc(F)cc3)oc12. The molecule has 0 bridgehead atoms. The molecule has 2 aromatic carbocycles. The van der Waals surface area contributed by atoms with Crippen LogP contribution >= 0.6 is 0 Å². The number of hydrogen-bond donors (Lipinski definition) is 1. The topological polar surface area (TPSA) is 76.7 Å². The van der Waals surface area contributed by atoms with Crippen LogP contribution in [0.3, 0.4) is 0 Å². The van der Waals surface area contributed by atoms with Gasteiger partial charge in [-0.1, -0.05) is 32.1 Å². The molecule has 0 saturated carbocycles. The summed E-state index contributed by atoms with van der Waals surface area (Å²) in [5, 5.41) is 10.8. The number of benzene rings is 2. The Hall–Kier alpha value is -3.25. The fourth-order valence-corrected chi connectivity index (χ4v) is 3.59. The van der Waals surface area contributed by atoms with E-state index in [1.54, 1.807) is 18.2 Å². The van der Waals surface area contributed by atoms with Crippen molar-refractivity contribution in [1.82, 2.24) is 0 Å². The molecule has 1 N–H and O–H groups in total. The van der Waals surface area contributed by atoms with Crippen LogP contribution in [0.2, 0.25) is 0 Å². The molecule has 3 aromatic rings. The molecule has 0 aliphatic rings. The van der Waals surface area contributed by atoms with E-state index >= 15 is 0 Å². The summed E-state index contributed by atoms with van der Waals surface area (Å²) in [6.45, 7) is 4.22. The van der Waals surface area contributed by atoms with E-state index in [1.165, 1.54) is 25.3 Å². The molecule has 3 rings (SSSR count). The van der Waals surface area contributed by atoms with Gasteiger partial charge in [-0.25, -0.2) is 4.39 Å². The Morgan fingerprint density at radius 1 is 1.12 bits per heavy atom. The molecule has 1 aromatic heterocycles. The normalized spacial score (nSPS) is 12.6. The lowest BCUT2D eigenvalue weighted by Crippen LogP contribution is -2.17. The summed E-state index contributed by atoms with van der Waals surface area (Å²) in [5.74, 6) is -0.196. The highest BCUT2D eigenvalue weighted by molar-refractivity contribution is 5.91. The molecule has 0 fully saturated rings. The van der Waals surface area contributed by atoms with Gasteiger partial charge in [0.1, 0.15) is 17.2 Å². The monoisotopic (exact) mass is 438 g/mol. The number of halogens is 1. The van der Waals surface area contributed by atoms with Crippen molar-refractivity contribution < 1.29 is 28.2 Å². The molecule has 0 aliphatic heterocycles. The molecular formula is C26H27FO5. The average molecular weight is 438 g/mol. The summed E-state index contributed by atoms with van der Waals surface area (Å²) >= 11 is 0. The minimum Gasteiger partial charge on any atom is -0.469 e. The van der Waals surface area contributed by atoms with Crippen LogP contribution in [0.1, 0.15) is 43.7 Å². The van der Waals surface area contributed by atoms with E-state index < -0.39 is 12.1 Å². The predicted molar refractivity (Wildman–Crippen MR) is 121 cm³/mol. The first-order chi connectivity index (χ1) is 15.3. The van der Waals surface area contributed by atoms with Gasteiger partial charge in [-0.3, -0.25) is 9.59 Å². The van der Waals surface area contributed by atoms with Crippen molar-refractivity contribution in [2.75, 3.05) is 7.11 Å². The average Bonchev–Trinajstić information content (AvgIpc) is 3.19. The molecule has 0 saturated heterocycles. The summed E-state index contributed by atoms with van der Waals surface area (Å²) in [6, 6.07) is 12.2. The van der Waals surface area contributed by atoms with Gasteiger partial charge in [0.15, 0.2) is 5.78 Å². The predicted octanol–water partition coefficient (Wildman–Crippen LogP) is 5.34. The van der Waals surface area contributed by atoms with Crippen LogP contribution in [0.4, 0.5) is 4.39 Å². The second-order valence-electron chi connectivity index (χ2n) is 8.04. The summed E-state index contributed by atoms with van der Waals surface area (Å²) in [4.78, 5) is 23.3. The zero-order valence-corrected chi connectivity index (χ0v) is 18.4. The standard InChI is InChI=1S/C26H27FO5/c1-16(2)22-12-9-18(5-4-6-20(28)13-21(29)14-25(30)31-3)26-23(22)15-24(32-26)17-7-10-19(27)11-8-17/h4,6-12,15-16,21,29H,5,13-14H2,1-3H3. The number of ketones is 1. The third kappa shape index (κ3) is 5.71. The van der Waals surface area contributed by atoms with Crippen molar-refractivity contribution in [1.29, 1.82) is 0 Å². The van der Waals surface area contributed by atoms with Crippen molar-refractivity contribution in [3.8, 4) is 11.3 Å². The number of carbonyl (C=O) groups is 2. The van der Waals surface area contributed by atoms with Gasteiger partial charge in [0.2, 0.25) is 0 Å². The summed E-state index contributed by atoms with van der Waals surface area (Å²) in [5.41, 5.74) is 3.58. The molecule has 0 amide bonds. The van der Waals surface area contributed by atoms with Gasteiger partial charge in [-0.05, 0) is 59.9 Å². The third-order valence-corrected chi connectivity index (χ3v) is 5.26. The summed E-state index contributed by atoms with van der Waals surface area (Å²) in [6.07, 6.45) is 2.16. The van der Waals surface area contributed by atoms with Gasteiger partial charge in [0.05, 0.1) is 19.6 Å². The number of ether oxygens (including phenoxy) is 1. The highest BCUT2D eigenvalue weighted by atomic mass is 19.1. The Labute approximate surface area is 186 Å². The van der Waals surface area contributed by atoms with Crippen molar-refractivity contribution in [2.45, 2.75) is 45.1 Å². The maximum absolute atomic E-state index is 13.3. The zero-order valence-electron chi connectivity index (χ0n) is 18.4. The van der Waals surface area contributed by atoms with Gasteiger partial charge in [0.25, 0.3) is 0 Å². The molecule has 0 aliphatic carbocycles. The molecule has 32 heavy (non-hydrogen) atoms. The number of carbonyl (C=O) groups excluding carboxylic acids is 2. The number of methoxy groups -OCH3 is 1. The van der Waals surface area contributed by atoms with E-state index in [1.807, 2.05) is 12.1 Å². The van der Waals surface area contributed by atoms with Gasteiger partial charge in [-0.15, -0.1) is 0 Å². The lowest BCUT2D eigenvalue weighted by Gasteiger charge is -2.08. The highest BCUT2D eigenvalue weighted by Crippen LogP contribution is 2.35. The number of allylic oxidation sites excluding steroid dienone is 2. The van der Waals surface area contributed by atoms with Crippen LogP contribution in [-0.4, -0.2) is 30.1 Å². The van der Waals surface area contributed by atoms with Crippen LogP contribution in [0.25, 0.3) is 22.3 Å². The van der Waals surface area contributed by atoms with Crippen LogP contribution in [0.15, 0.2) is 59.0 Å². The maximum Gasteiger partial charge on any atom is 0.308 e. The molecule has 5 nitrogen and oxygen atoms in total. The number of aliphatic hydroxyl groups is 1. The molecular weight excluding hydrogens is 411 g/mol. The molecule has 0 radical (unpaired) electrons. The number of esters is 1. The van der Waals surface area contributed by atoms with Crippen LogP contribution in [0, 0.1) is 5.82 Å². The lowest BCUT2D eigenvalue weighted by molar-refractivity contribution is -0.143. The number of rotatable bonds is 9. The quantitative estimate of drug-likeness (QED) is 0.360. The molecule has 1 heterocycles.